The van der Waals surface area contributed by atoms with Crippen LogP contribution in [0.2, 0.25) is 0 Å². The van der Waals surface area contributed by atoms with Crippen LogP contribution in [0.15, 0.2) is 6.33 Å². The van der Waals surface area contributed by atoms with Gasteiger partial charge in [0, 0.05) is 31.7 Å². The van der Waals surface area contributed by atoms with E-state index < -0.39 is 0 Å². The van der Waals surface area contributed by atoms with Gasteiger partial charge >= 0.3 is 0 Å². The maximum atomic E-state index is 4.48. The lowest BCUT2D eigenvalue weighted by molar-refractivity contribution is 0.281. The molecule has 1 aromatic rings. The highest BCUT2D eigenvalue weighted by Gasteiger charge is 2.19. The van der Waals surface area contributed by atoms with Gasteiger partial charge in [0.15, 0.2) is 0 Å². The Morgan fingerprint density at radius 1 is 1.47 bits per heavy atom. The molecule has 1 aliphatic heterocycles. The fraction of sp³-hybridized carbons (Fsp3) is 0.750. The highest BCUT2D eigenvalue weighted by Crippen LogP contribution is 2.30. The highest BCUT2D eigenvalue weighted by atomic mass is 15.1. The van der Waals surface area contributed by atoms with Gasteiger partial charge in [-0.1, -0.05) is 19.3 Å². The Bertz CT molecular complexity index is 339. The number of fused-ring (bicyclic) bond motifs is 1. The Hall–Kier alpha value is -0.830. The van der Waals surface area contributed by atoms with E-state index in [9.17, 15) is 0 Å². The molecule has 1 aliphatic carbocycles. The Morgan fingerprint density at radius 2 is 2.40 bits per heavy atom. The van der Waals surface area contributed by atoms with Gasteiger partial charge in [-0.25, -0.2) is 4.98 Å². The van der Waals surface area contributed by atoms with E-state index >= 15 is 0 Å². The van der Waals surface area contributed by atoms with Crippen LogP contribution in [0.1, 0.15) is 37.1 Å². The van der Waals surface area contributed by atoms with Gasteiger partial charge < -0.3 is 9.88 Å². The fourth-order valence-corrected chi connectivity index (χ4v) is 2.59. The zero-order valence-electron chi connectivity index (χ0n) is 9.21. The standard InChI is InChI=1S/C12H19N3/c1-2-10(3-1)5-7-15-9-14-11-8-13-6-4-12(11)15/h9-10,13H,1-8H2. The first-order valence-corrected chi connectivity index (χ1v) is 6.17. The van der Waals surface area contributed by atoms with Crippen LogP contribution in [0, 0.1) is 5.92 Å². The van der Waals surface area contributed by atoms with Crippen LogP contribution in [0.3, 0.4) is 0 Å². The van der Waals surface area contributed by atoms with Gasteiger partial charge in [-0.05, 0) is 12.3 Å². The van der Waals surface area contributed by atoms with Gasteiger partial charge in [0.25, 0.3) is 0 Å². The van der Waals surface area contributed by atoms with E-state index in [0.717, 1.165) is 25.4 Å². The van der Waals surface area contributed by atoms with Crippen molar-refractivity contribution < 1.29 is 0 Å². The summed E-state index contributed by atoms with van der Waals surface area (Å²) in [6.07, 6.45) is 8.92. The Balaban J connectivity index is 1.66. The van der Waals surface area contributed by atoms with Gasteiger partial charge in [0.2, 0.25) is 0 Å². The summed E-state index contributed by atoms with van der Waals surface area (Å²) in [5, 5.41) is 3.37. The molecule has 3 nitrogen and oxygen atoms in total. The summed E-state index contributed by atoms with van der Waals surface area (Å²) in [7, 11) is 0. The van der Waals surface area contributed by atoms with Crippen molar-refractivity contribution in [3.63, 3.8) is 0 Å². The van der Waals surface area contributed by atoms with Crippen LogP contribution in [0.5, 0.6) is 0 Å². The summed E-state index contributed by atoms with van der Waals surface area (Å²) in [4.78, 5) is 4.48. The topological polar surface area (TPSA) is 29.9 Å². The van der Waals surface area contributed by atoms with E-state index in [1.807, 2.05) is 6.33 Å². The van der Waals surface area contributed by atoms with Crippen molar-refractivity contribution in [3.8, 4) is 0 Å². The third kappa shape index (κ3) is 1.81. The van der Waals surface area contributed by atoms with Crippen molar-refractivity contribution in [1.82, 2.24) is 14.9 Å². The molecule has 1 N–H and O–H groups in total. The molecule has 82 valence electrons. The monoisotopic (exact) mass is 205 g/mol. The molecule has 0 amide bonds. The highest BCUT2D eigenvalue weighted by molar-refractivity contribution is 5.16. The average molecular weight is 205 g/mol. The molecule has 3 rings (SSSR count). The first kappa shape index (κ1) is 9.40. The first-order chi connectivity index (χ1) is 7.43. The molecule has 1 fully saturated rings. The summed E-state index contributed by atoms with van der Waals surface area (Å²) in [5.41, 5.74) is 2.75. The van der Waals surface area contributed by atoms with Crippen LogP contribution < -0.4 is 5.32 Å². The summed E-state index contributed by atoms with van der Waals surface area (Å²) in [6.45, 7) is 3.26. The summed E-state index contributed by atoms with van der Waals surface area (Å²) >= 11 is 0. The minimum Gasteiger partial charge on any atom is -0.334 e. The van der Waals surface area contributed by atoms with E-state index in [1.54, 1.807) is 0 Å². The number of nitrogens with one attached hydrogen (secondary N) is 1. The quantitative estimate of drug-likeness (QED) is 0.814. The molecule has 0 aromatic carbocycles. The van der Waals surface area contributed by atoms with E-state index in [1.165, 1.54) is 43.6 Å². The maximum Gasteiger partial charge on any atom is 0.0952 e. The predicted molar refractivity (Wildman–Crippen MR) is 59.6 cm³/mol. The first-order valence-electron chi connectivity index (χ1n) is 6.17. The van der Waals surface area contributed by atoms with Crippen molar-refractivity contribution in [2.45, 2.75) is 45.2 Å². The average Bonchev–Trinajstić information content (AvgIpc) is 2.60. The summed E-state index contributed by atoms with van der Waals surface area (Å²) < 4.78 is 2.38. The minimum atomic E-state index is 0.964. The maximum absolute atomic E-state index is 4.48. The summed E-state index contributed by atoms with van der Waals surface area (Å²) in [5.74, 6) is 1.00. The summed E-state index contributed by atoms with van der Waals surface area (Å²) in [6, 6.07) is 0. The van der Waals surface area contributed by atoms with Crippen LogP contribution in [-0.2, 0) is 19.5 Å². The molecule has 0 atom stereocenters. The molecule has 0 saturated heterocycles. The molecule has 2 heterocycles. The third-order valence-electron chi connectivity index (χ3n) is 3.87. The SMILES string of the molecule is c1nc2c(n1CCC1CCC1)CCNC2. The normalized spacial score (nSPS) is 21.1. The molecule has 0 spiro atoms. The van der Waals surface area contributed by atoms with Crippen LogP contribution in [-0.4, -0.2) is 16.1 Å². The van der Waals surface area contributed by atoms with Crippen LogP contribution in [0.4, 0.5) is 0 Å². The molecule has 0 radical (unpaired) electrons. The number of aromatic nitrogens is 2. The lowest BCUT2D eigenvalue weighted by atomic mass is 9.83. The molecule has 15 heavy (non-hydrogen) atoms. The largest absolute Gasteiger partial charge is 0.334 e. The second kappa shape index (κ2) is 3.97. The fourth-order valence-electron chi connectivity index (χ4n) is 2.59. The molecule has 3 heteroatoms. The van der Waals surface area contributed by atoms with Crippen LogP contribution >= 0.6 is 0 Å². The van der Waals surface area contributed by atoms with Crippen molar-refractivity contribution in [2.24, 2.45) is 5.92 Å². The van der Waals surface area contributed by atoms with Gasteiger partial charge in [-0.2, -0.15) is 0 Å². The van der Waals surface area contributed by atoms with Crippen molar-refractivity contribution in [1.29, 1.82) is 0 Å². The van der Waals surface area contributed by atoms with Crippen LogP contribution in [0.25, 0.3) is 0 Å². The van der Waals surface area contributed by atoms with Gasteiger partial charge in [0.1, 0.15) is 0 Å². The Kier molecular flexibility index (Phi) is 2.49. The lowest BCUT2D eigenvalue weighted by Gasteiger charge is -2.25. The number of aryl methyl sites for hydroxylation is 1. The van der Waals surface area contributed by atoms with E-state index in [2.05, 4.69) is 14.9 Å². The molecule has 1 aromatic heterocycles. The Morgan fingerprint density at radius 3 is 3.20 bits per heavy atom. The predicted octanol–water partition coefficient (Wildman–Crippen LogP) is 1.72. The molecule has 1 saturated carbocycles. The van der Waals surface area contributed by atoms with Crippen molar-refractivity contribution in [3.05, 3.63) is 17.7 Å². The second-order valence-electron chi connectivity index (χ2n) is 4.84. The number of imidazole rings is 1. The zero-order chi connectivity index (χ0) is 10.1. The number of hydrogen-bond donors (Lipinski definition) is 1. The number of nitrogens with zero attached hydrogens (tertiary/aromatic N) is 2. The molecule has 2 aliphatic rings. The number of hydrogen-bond acceptors (Lipinski definition) is 2. The third-order valence-corrected chi connectivity index (χ3v) is 3.87. The minimum absolute atomic E-state index is 0.964. The van der Waals surface area contributed by atoms with E-state index in [0.29, 0.717) is 0 Å². The molecule has 0 bridgehead atoms. The van der Waals surface area contributed by atoms with Crippen molar-refractivity contribution in [2.75, 3.05) is 6.54 Å². The van der Waals surface area contributed by atoms with E-state index in [-0.39, 0.29) is 0 Å². The Labute approximate surface area is 90.9 Å². The lowest BCUT2D eigenvalue weighted by Crippen LogP contribution is -2.25. The molecule has 0 unspecified atom stereocenters. The second-order valence-corrected chi connectivity index (χ2v) is 4.84. The van der Waals surface area contributed by atoms with E-state index in [4.69, 9.17) is 0 Å². The molecular formula is C12H19N3. The number of rotatable bonds is 3. The van der Waals surface area contributed by atoms with Crippen molar-refractivity contribution >= 4 is 0 Å². The zero-order valence-corrected chi connectivity index (χ0v) is 9.21. The van der Waals surface area contributed by atoms with Gasteiger partial charge in [-0.15, -0.1) is 0 Å². The smallest absolute Gasteiger partial charge is 0.0952 e. The van der Waals surface area contributed by atoms with Gasteiger partial charge in [-0.3, -0.25) is 0 Å². The van der Waals surface area contributed by atoms with Gasteiger partial charge in [0.05, 0.1) is 12.0 Å². The molecular weight excluding hydrogens is 186 g/mol.